The van der Waals surface area contributed by atoms with Gasteiger partial charge in [0.15, 0.2) is 9.84 Å². The molecule has 2 aromatic carbocycles. The number of anilines is 1. The van der Waals surface area contributed by atoms with Gasteiger partial charge in [0.1, 0.15) is 17.0 Å². The molecule has 0 saturated carbocycles. The van der Waals surface area contributed by atoms with Gasteiger partial charge in [-0.1, -0.05) is 35.1 Å². The standard InChI is InChI=1S/C18H19N3O4S2/c1-11-4-7-13(8-5-11)27(23,24)10-15(22)20-21-18-19-16-14(25-3)9-6-12(2)17(16)26-18/h4-9H,10H2,1-3H3,(H,19,21)(H,20,22). The summed E-state index contributed by atoms with van der Waals surface area (Å²) in [6.45, 7) is 3.82. The van der Waals surface area contributed by atoms with Crippen molar-refractivity contribution in [2.24, 2.45) is 0 Å². The molecule has 0 fully saturated rings. The van der Waals surface area contributed by atoms with Crippen LogP contribution in [0.3, 0.4) is 0 Å². The molecule has 0 radical (unpaired) electrons. The third-order valence-corrected chi connectivity index (χ3v) is 6.67. The second kappa shape index (κ2) is 7.53. The van der Waals surface area contributed by atoms with Crippen molar-refractivity contribution in [3.8, 4) is 5.75 Å². The van der Waals surface area contributed by atoms with Crippen molar-refractivity contribution in [1.82, 2.24) is 10.4 Å². The fourth-order valence-corrected chi connectivity index (χ4v) is 4.53. The maximum Gasteiger partial charge on any atom is 0.253 e. The Morgan fingerprint density at radius 3 is 2.52 bits per heavy atom. The first-order valence-corrected chi connectivity index (χ1v) is 10.6. The molecular formula is C18H19N3O4S2. The maximum absolute atomic E-state index is 12.3. The summed E-state index contributed by atoms with van der Waals surface area (Å²) in [6, 6.07) is 10.1. The van der Waals surface area contributed by atoms with E-state index in [-0.39, 0.29) is 4.90 Å². The SMILES string of the molecule is COc1ccc(C)c2sc(NNC(=O)CS(=O)(=O)c3ccc(C)cc3)nc12. The predicted molar refractivity (Wildman–Crippen MR) is 106 cm³/mol. The summed E-state index contributed by atoms with van der Waals surface area (Å²) >= 11 is 1.34. The van der Waals surface area contributed by atoms with Gasteiger partial charge in [0.2, 0.25) is 5.13 Å². The van der Waals surface area contributed by atoms with Crippen LogP contribution in [0.1, 0.15) is 11.1 Å². The monoisotopic (exact) mass is 405 g/mol. The predicted octanol–water partition coefficient (Wildman–Crippen LogP) is 2.84. The van der Waals surface area contributed by atoms with Crippen molar-refractivity contribution in [3.63, 3.8) is 0 Å². The van der Waals surface area contributed by atoms with Gasteiger partial charge in [-0.05, 0) is 37.6 Å². The second-order valence-electron chi connectivity index (χ2n) is 6.03. The van der Waals surface area contributed by atoms with Gasteiger partial charge >= 0.3 is 0 Å². The fourth-order valence-electron chi connectivity index (χ4n) is 2.49. The molecule has 1 heterocycles. The summed E-state index contributed by atoms with van der Waals surface area (Å²) in [6.07, 6.45) is 0. The molecule has 7 nitrogen and oxygen atoms in total. The largest absolute Gasteiger partial charge is 0.494 e. The van der Waals surface area contributed by atoms with E-state index < -0.39 is 21.5 Å². The molecule has 0 saturated heterocycles. The zero-order valence-corrected chi connectivity index (χ0v) is 16.7. The number of hydrazine groups is 1. The van der Waals surface area contributed by atoms with Crippen LogP contribution in [0, 0.1) is 13.8 Å². The molecule has 0 atom stereocenters. The van der Waals surface area contributed by atoms with E-state index >= 15 is 0 Å². The highest BCUT2D eigenvalue weighted by molar-refractivity contribution is 7.92. The Hall–Kier alpha value is -2.65. The van der Waals surface area contributed by atoms with E-state index in [4.69, 9.17) is 4.74 Å². The number of hydrogen-bond acceptors (Lipinski definition) is 7. The summed E-state index contributed by atoms with van der Waals surface area (Å²) in [5.41, 5.74) is 7.74. The van der Waals surface area contributed by atoms with Crippen LogP contribution < -0.4 is 15.6 Å². The molecule has 2 N–H and O–H groups in total. The van der Waals surface area contributed by atoms with Crippen LogP contribution in [0.25, 0.3) is 10.2 Å². The lowest BCUT2D eigenvalue weighted by Gasteiger charge is -2.07. The Balaban J connectivity index is 1.69. The Kier molecular flexibility index (Phi) is 5.33. The first kappa shape index (κ1) is 19.1. The maximum atomic E-state index is 12.3. The van der Waals surface area contributed by atoms with Crippen LogP contribution in [0.5, 0.6) is 5.75 Å². The summed E-state index contributed by atoms with van der Waals surface area (Å²) in [5, 5.41) is 0.443. The highest BCUT2D eigenvalue weighted by Crippen LogP contribution is 2.34. The molecule has 142 valence electrons. The third-order valence-electron chi connectivity index (χ3n) is 3.93. The van der Waals surface area contributed by atoms with Crippen molar-refractivity contribution in [2.45, 2.75) is 18.7 Å². The highest BCUT2D eigenvalue weighted by atomic mass is 32.2. The Bertz CT molecular complexity index is 1090. The average molecular weight is 406 g/mol. The number of carbonyl (C=O) groups excluding carboxylic acids is 1. The number of methoxy groups -OCH3 is 1. The van der Waals surface area contributed by atoms with Crippen LogP contribution >= 0.6 is 11.3 Å². The third kappa shape index (κ3) is 4.20. The first-order chi connectivity index (χ1) is 12.8. The van der Waals surface area contributed by atoms with Gasteiger partial charge in [0, 0.05) is 0 Å². The summed E-state index contributed by atoms with van der Waals surface area (Å²) in [5.74, 6) is -0.692. The molecule has 3 aromatic rings. The summed E-state index contributed by atoms with van der Waals surface area (Å²) < 4.78 is 30.9. The molecule has 3 rings (SSSR count). The second-order valence-corrected chi connectivity index (χ2v) is 9.02. The summed E-state index contributed by atoms with van der Waals surface area (Å²) in [4.78, 5) is 16.6. The quantitative estimate of drug-likeness (QED) is 0.612. The minimum Gasteiger partial charge on any atom is -0.494 e. The average Bonchev–Trinajstić information content (AvgIpc) is 3.06. The zero-order valence-electron chi connectivity index (χ0n) is 15.1. The van der Waals surface area contributed by atoms with Gasteiger partial charge in [-0.2, -0.15) is 0 Å². The number of nitrogens with zero attached hydrogens (tertiary/aromatic N) is 1. The molecule has 0 bridgehead atoms. The lowest BCUT2D eigenvalue weighted by molar-refractivity contribution is -0.118. The van der Waals surface area contributed by atoms with Crippen LogP contribution in [0.15, 0.2) is 41.3 Å². The topological polar surface area (TPSA) is 97.4 Å². The number of benzene rings is 2. The van der Waals surface area contributed by atoms with E-state index in [1.807, 2.05) is 26.0 Å². The molecule has 0 unspecified atom stereocenters. The zero-order chi connectivity index (χ0) is 19.6. The normalized spacial score (nSPS) is 11.4. The molecule has 0 aliphatic carbocycles. The van der Waals surface area contributed by atoms with E-state index in [2.05, 4.69) is 15.8 Å². The number of ether oxygens (including phenoxy) is 1. The lowest BCUT2D eigenvalue weighted by Crippen LogP contribution is -2.34. The van der Waals surface area contributed by atoms with Crippen LogP contribution in [0.2, 0.25) is 0 Å². The van der Waals surface area contributed by atoms with Gasteiger partial charge in [-0.15, -0.1) is 0 Å². The van der Waals surface area contributed by atoms with Crippen molar-refractivity contribution in [2.75, 3.05) is 18.3 Å². The van der Waals surface area contributed by atoms with Gasteiger partial charge in [0.05, 0.1) is 16.7 Å². The molecule has 0 spiro atoms. The lowest BCUT2D eigenvalue weighted by atomic mass is 10.2. The first-order valence-electron chi connectivity index (χ1n) is 8.08. The van der Waals surface area contributed by atoms with Gasteiger partial charge in [-0.25, -0.2) is 13.4 Å². The minimum absolute atomic E-state index is 0.114. The number of aromatic nitrogens is 1. The molecule has 0 aliphatic rings. The van der Waals surface area contributed by atoms with E-state index in [1.165, 1.54) is 23.5 Å². The van der Waals surface area contributed by atoms with Crippen LogP contribution in [0.4, 0.5) is 5.13 Å². The number of thiazole rings is 1. The molecule has 1 aromatic heterocycles. The Morgan fingerprint density at radius 2 is 1.85 bits per heavy atom. The van der Waals surface area contributed by atoms with E-state index in [9.17, 15) is 13.2 Å². The molecular weight excluding hydrogens is 386 g/mol. The number of amides is 1. The smallest absolute Gasteiger partial charge is 0.253 e. The van der Waals surface area contributed by atoms with Gasteiger partial charge in [0.25, 0.3) is 5.91 Å². The number of nitrogens with one attached hydrogen (secondary N) is 2. The van der Waals surface area contributed by atoms with Crippen molar-refractivity contribution >= 4 is 42.4 Å². The molecule has 9 heteroatoms. The number of rotatable bonds is 6. The molecule has 1 amide bonds. The molecule has 0 aliphatic heterocycles. The fraction of sp³-hybridized carbons (Fsp3) is 0.222. The number of carbonyl (C=O) groups is 1. The van der Waals surface area contributed by atoms with Gasteiger partial charge < -0.3 is 4.74 Å². The number of fused-ring (bicyclic) bond motifs is 1. The van der Waals surface area contributed by atoms with E-state index in [1.54, 1.807) is 19.2 Å². The minimum atomic E-state index is -3.71. The van der Waals surface area contributed by atoms with Crippen molar-refractivity contribution in [1.29, 1.82) is 0 Å². The van der Waals surface area contributed by atoms with E-state index in [0.717, 1.165) is 15.8 Å². The van der Waals surface area contributed by atoms with Crippen molar-refractivity contribution < 1.29 is 17.9 Å². The van der Waals surface area contributed by atoms with Crippen LogP contribution in [-0.2, 0) is 14.6 Å². The van der Waals surface area contributed by atoms with Crippen molar-refractivity contribution in [3.05, 3.63) is 47.5 Å². The Morgan fingerprint density at radius 1 is 1.15 bits per heavy atom. The van der Waals surface area contributed by atoms with Crippen LogP contribution in [-0.4, -0.2) is 32.2 Å². The molecule has 27 heavy (non-hydrogen) atoms. The number of aryl methyl sites for hydroxylation is 2. The van der Waals surface area contributed by atoms with E-state index in [0.29, 0.717) is 16.4 Å². The Labute approximate surface area is 161 Å². The number of hydrogen-bond donors (Lipinski definition) is 2. The summed E-state index contributed by atoms with van der Waals surface area (Å²) in [7, 11) is -2.15. The highest BCUT2D eigenvalue weighted by Gasteiger charge is 2.19. The number of sulfone groups is 1. The van der Waals surface area contributed by atoms with Gasteiger partial charge in [-0.3, -0.25) is 15.6 Å².